The number of carbonyl (C=O) groups excluding carboxylic acids is 2. The van der Waals surface area contributed by atoms with Crippen LogP contribution in [0.4, 0.5) is 5.69 Å². The molecule has 0 aliphatic carbocycles. The molecule has 1 aromatic rings. The summed E-state index contributed by atoms with van der Waals surface area (Å²) >= 11 is 0. The molecule has 0 unspecified atom stereocenters. The fraction of sp³-hybridized carbons (Fsp3) is 0.500. The molecule has 0 atom stereocenters. The van der Waals surface area contributed by atoms with Crippen molar-refractivity contribution in [3.05, 3.63) is 29.8 Å². The highest BCUT2D eigenvalue weighted by Gasteiger charge is 2.49. The Morgan fingerprint density at radius 2 is 1.95 bits per heavy atom. The lowest BCUT2D eigenvalue weighted by Crippen LogP contribution is -2.35. The van der Waals surface area contributed by atoms with Gasteiger partial charge in [0.2, 0.25) is 11.8 Å². The van der Waals surface area contributed by atoms with Gasteiger partial charge >= 0.3 is 0 Å². The molecule has 0 bridgehead atoms. The van der Waals surface area contributed by atoms with E-state index < -0.39 is 5.41 Å². The number of carbonyl (C=O) groups is 2. The predicted octanol–water partition coefficient (Wildman–Crippen LogP) is 2.48. The summed E-state index contributed by atoms with van der Waals surface area (Å²) in [6, 6.07) is 7.61. The Labute approximate surface area is 120 Å². The van der Waals surface area contributed by atoms with Gasteiger partial charge in [0.25, 0.3) is 0 Å². The average molecular weight is 274 g/mol. The van der Waals surface area contributed by atoms with E-state index in [9.17, 15) is 9.59 Å². The normalized spacial score (nSPS) is 17.9. The number of hydrogen-bond acceptors (Lipinski definition) is 3. The van der Waals surface area contributed by atoms with Crippen LogP contribution in [0, 0.1) is 5.41 Å². The minimum Gasteiger partial charge on any atom is -0.316 e. The highest BCUT2D eigenvalue weighted by molar-refractivity contribution is 6.22. The van der Waals surface area contributed by atoms with Gasteiger partial charge < -0.3 is 5.32 Å². The van der Waals surface area contributed by atoms with Crippen molar-refractivity contribution in [3.8, 4) is 0 Å². The van der Waals surface area contributed by atoms with Crippen molar-refractivity contribution >= 4 is 17.5 Å². The molecular formula is C16H22N2O2. The highest BCUT2D eigenvalue weighted by atomic mass is 16.2. The third-order valence-electron chi connectivity index (χ3n) is 4.30. The summed E-state index contributed by atoms with van der Waals surface area (Å²) in [7, 11) is 1.87. The Balaban J connectivity index is 2.35. The zero-order valence-electron chi connectivity index (χ0n) is 12.4. The standard InChI is InChI=1S/C16H22N2O2/c1-4-16(5-2)10-14(19)18(15(16)20)13-8-6-7-12(9-13)11-17-3/h6-9,17H,4-5,10-11H2,1-3H3. The first-order valence-electron chi connectivity index (χ1n) is 7.19. The predicted molar refractivity (Wildman–Crippen MR) is 79.3 cm³/mol. The number of rotatable bonds is 5. The number of imide groups is 1. The van der Waals surface area contributed by atoms with E-state index in [4.69, 9.17) is 0 Å². The van der Waals surface area contributed by atoms with Crippen molar-refractivity contribution < 1.29 is 9.59 Å². The molecule has 1 saturated heterocycles. The van der Waals surface area contributed by atoms with Gasteiger partial charge in [-0.2, -0.15) is 0 Å². The van der Waals surface area contributed by atoms with E-state index in [-0.39, 0.29) is 11.8 Å². The van der Waals surface area contributed by atoms with Crippen LogP contribution in [0.1, 0.15) is 38.7 Å². The maximum absolute atomic E-state index is 12.7. The monoisotopic (exact) mass is 274 g/mol. The Morgan fingerprint density at radius 1 is 1.25 bits per heavy atom. The van der Waals surface area contributed by atoms with Crippen molar-refractivity contribution in [2.75, 3.05) is 11.9 Å². The molecule has 1 aliphatic rings. The molecule has 1 aromatic carbocycles. The molecule has 0 radical (unpaired) electrons. The van der Waals surface area contributed by atoms with Gasteiger partial charge in [-0.25, -0.2) is 0 Å². The van der Waals surface area contributed by atoms with Gasteiger partial charge in [0, 0.05) is 13.0 Å². The second kappa shape index (κ2) is 5.75. The average Bonchev–Trinajstić information content (AvgIpc) is 2.71. The Bertz CT molecular complexity index is 521. The quantitative estimate of drug-likeness (QED) is 0.839. The van der Waals surface area contributed by atoms with E-state index in [0.717, 1.165) is 12.1 Å². The SMILES string of the molecule is CCC1(CC)CC(=O)N(c2cccc(CNC)c2)C1=O. The lowest BCUT2D eigenvalue weighted by atomic mass is 9.81. The van der Waals surface area contributed by atoms with E-state index in [1.165, 1.54) is 4.90 Å². The summed E-state index contributed by atoms with van der Waals surface area (Å²) in [6.45, 7) is 4.68. The van der Waals surface area contributed by atoms with Gasteiger partial charge in [-0.15, -0.1) is 0 Å². The summed E-state index contributed by atoms with van der Waals surface area (Å²) in [4.78, 5) is 26.3. The second-order valence-corrected chi connectivity index (χ2v) is 5.40. The van der Waals surface area contributed by atoms with Crippen LogP contribution in [0.3, 0.4) is 0 Å². The van der Waals surface area contributed by atoms with Crippen molar-refractivity contribution in [2.45, 2.75) is 39.7 Å². The van der Waals surface area contributed by atoms with Gasteiger partial charge in [0.05, 0.1) is 11.1 Å². The van der Waals surface area contributed by atoms with Crippen LogP contribution in [0.25, 0.3) is 0 Å². The molecule has 1 aliphatic heterocycles. The van der Waals surface area contributed by atoms with Crippen LogP contribution in [-0.2, 0) is 16.1 Å². The summed E-state index contributed by atoms with van der Waals surface area (Å²) in [5.41, 5.74) is 1.25. The zero-order chi connectivity index (χ0) is 14.8. The number of benzene rings is 1. The first-order valence-corrected chi connectivity index (χ1v) is 7.19. The fourth-order valence-electron chi connectivity index (χ4n) is 2.87. The van der Waals surface area contributed by atoms with Gasteiger partial charge in [-0.3, -0.25) is 14.5 Å². The van der Waals surface area contributed by atoms with Crippen LogP contribution in [-0.4, -0.2) is 18.9 Å². The molecule has 20 heavy (non-hydrogen) atoms. The Kier molecular flexibility index (Phi) is 4.23. The van der Waals surface area contributed by atoms with Crippen LogP contribution in [0.5, 0.6) is 0 Å². The topological polar surface area (TPSA) is 49.4 Å². The molecular weight excluding hydrogens is 252 g/mol. The molecule has 1 N–H and O–H groups in total. The number of anilines is 1. The van der Waals surface area contributed by atoms with E-state index in [1.54, 1.807) is 0 Å². The van der Waals surface area contributed by atoms with E-state index in [1.807, 2.05) is 45.2 Å². The summed E-state index contributed by atoms with van der Waals surface area (Å²) < 4.78 is 0. The van der Waals surface area contributed by atoms with Crippen LogP contribution in [0.15, 0.2) is 24.3 Å². The van der Waals surface area contributed by atoms with Gasteiger partial charge in [-0.05, 0) is 37.6 Å². The molecule has 0 spiro atoms. The zero-order valence-corrected chi connectivity index (χ0v) is 12.4. The Morgan fingerprint density at radius 3 is 2.50 bits per heavy atom. The van der Waals surface area contributed by atoms with E-state index in [2.05, 4.69) is 5.32 Å². The third-order valence-corrected chi connectivity index (χ3v) is 4.30. The second-order valence-electron chi connectivity index (χ2n) is 5.40. The number of nitrogens with zero attached hydrogens (tertiary/aromatic N) is 1. The minimum atomic E-state index is -0.504. The van der Waals surface area contributed by atoms with Gasteiger partial charge in [0.1, 0.15) is 0 Å². The van der Waals surface area contributed by atoms with Gasteiger partial charge in [-0.1, -0.05) is 26.0 Å². The number of hydrogen-bond donors (Lipinski definition) is 1. The maximum atomic E-state index is 12.7. The molecule has 2 rings (SSSR count). The van der Waals surface area contributed by atoms with Crippen molar-refractivity contribution in [1.82, 2.24) is 5.32 Å². The highest BCUT2D eigenvalue weighted by Crippen LogP contribution is 2.41. The van der Waals surface area contributed by atoms with Crippen LogP contribution >= 0.6 is 0 Å². The van der Waals surface area contributed by atoms with Crippen molar-refractivity contribution in [2.24, 2.45) is 5.41 Å². The molecule has 1 fully saturated rings. The van der Waals surface area contributed by atoms with Crippen molar-refractivity contribution in [3.63, 3.8) is 0 Å². The molecule has 0 saturated carbocycles. The lowest BCUT2D eigenvalue weighted by Gasteiger charge is -2.23. The lowest BCUT2D eigenvalue weighted by molar-refractivity contribution is -0.126. The maximum Gasteiger partial charge on any atom is 0.240 e. The summed E-state index contributed by atoms with van der Waals surface area (Å²) in [5, 5.41) is 3.07. The van der Waals surface area contributed by atoms with E-state index in [0.29, 0.717) is 24.9 Å². The smallest absolute Gasteiger partial charge is 0.240 e. The fourth-order valence-corrected chi connectivity index (χ4v) is 2.87. The molecule has 4 nitrogen and oxygen atoms in total. The molecule has 2 amide bonds. The van der Waals surface area contributed by atoms with Crippen LogP contribution < -0.4 is 10.2 Å². The third kappa shape index (κ3) is 2.36. The molecule has 108 valence electrons. The Hall–Kier alpha value is -1.68. The van der Waals surface area contributed by atoms with Crippen LogP contribution in [0.2, 0.25) is 0 Å². The summed E-state index contributed by atoms with van der Waals surface area (Å²) in [5.74, 6) is -0.130. The minimum absolute atomic E-state index is 0.0471. The largest absolute Gasteiger partial charge is 0.316 e. The number of nitrogens with one attached hydrogen (secondary N) is 1. The van der Waals surface area contributed by atoms with E-state index >= 15 is 0 Å². The molecule has 4 heteroatoms. The first-order chi connectivity index (χ1) is 9.57. The van der Waals surface area contributed by atoms with Gasteiger partial charge in [0.15, 0.2) is 0 Å². The summed E-state index contributed by atoms with van der Waals surface area (Å²) in [6.07, 6.45) is 1.75. The van der Waals surface area contributed by atoms with Crippen molar-refractivity contribution in [1.29, 1.82) is 0 Å². The first kappa shape index (κ1) is 14.7. The molecule has 0 aromatic heterocycles. The number of amides is 2. The molecule has 1 heterocycles.